The summed E-state index contributed by atoms with van der Waals surface area (Å²) in [5.74, 6) is 0. The Morgan fingerprint density at radius 3 is 2.70 bits per heavy atom. The molecule has 0 aliphatic rings. The van der Waals surface area contributed by atoms with E-state index in [2.05, 4.69) is 61.5 Å². The minimum Gasteiger partial charge on any atom is -0.305 e. The molecule has 108 valence electrons. The molecule has 0 radical (unpaired) electrons. The second kappa shape index (κ2) is 6.66. The summed E-state index contributed by atoms with van der Waals surface area (Å²) in [6, 6.07) is 6.76. The Balaban J connectivity index is 2.42. The van der Waals surface area contributed by atoms with Crippen LogP contribution in [0.25, 0.3) is 0 Å². The smallest absolute Gasteiger partial charge is 0.0802 e. The summed E-state index contributed by atoms with van der Waals surface area (Å²) in [5.41, 5.74) is 5.04. The van der Waals surface area contributed by atoms with E-state index in [1.807, 2.05) is 10.9 Å². The van der Waals surface area contributed by atoms with Crippen LogP contribution in [0.15, 0.2) is 24.4 Å². The maximum absolute atomic E-state index is 4.21. The zero-order valence-corrected chi connectivity index (χ0v) is 12.8. The summed E-state index contributed by atoms with van der Waals surface area (Å²) in [4.78, 5) is 0. The molecule has 0 saturated heterocycles. The van der Waals surface area contributed by atoms with E-state index >= 15 is 0 Å². The first-order valence-electron chi connectivity index (χ1n) is 7.36. The number of hydrogen-bond acceptors (Lipinski definition) is 3. The number of benzene rings is 1. The van der Waals surface area contributed by atoms with Crippen molar-refractivity contribution in [1.29, 1.82) is 0 Å². The molecule has 1 heterocycles. The second-order valence-electron chi connectivity index (χ2n) is 5.23. The normalized spacial score (nSPS) is 12.6. The molecule has 1 aromatic heterocycles. The van der Waals surface area contributed by atoms with Crippen molar-refractivity contribution < 1.29 is 0 Å². The van der Waals surface area contributed by atoms with Crippen molar-refractivity contribution in [3.8, 4) is 0 Å². The average molecular weight is 272 g/mol. The van der Waals surface area contributed by atoms with Gasteiger partial charge in [0.15, 0.2) is 0 Å². The highest BCUT2D eigenvalue weighted by atomic mass is 15.4. The number of nitrogens with zero attached hydrogens (tertiary/aromatic N) is 3. The summed E-state index contributed by atoms with van der Waals surface area (Å²) in [7, 11) is 0. The Kier molecular flexibility index (Phi) is 4.90. The lowest BCUT2D eigenvalue weighted by atomic mass is 9.97. The molecular formula is C16H24N4. The van der Waals surface area contributed by atoms with Crippen LogP contribution in [0.5, 0.6) is 0 Å². The third kappa shape index (κ3) is 3.07. The fraction of sp³-hybridized carbons (Fsp3) is 0.500. The fourth-order valence-electron chi connectivity index (χ4n) is 2.60. The summed E-state index contributed by atoms with van der Waals surface area (Å²) in [6.45, 7) is 10.4. The van der Waals surface area contributed by atoms with E-state index in [1.54, 1.807) is 0 Å². The largest absolute Gasteiger partial charge is 0.305 e. The van der Waals surface area contributed by atoms with Crippen LogP contribution in [0.3, 0.4) is 0 Å². The van der Waals surface area contributed by atoms with Crippen molar-refractivity contribution in [3.63, 3.8) is 0 Å². The van der Waals surface area contributed by atoms with Crippen LogP contribution in [0.2, 0.25) is 0 Å². The third-order valence-electron chi connectivity index (χ3n) is 3.52. The Morgan fingerprint density at radius 2 is 2.05 bits per heavy atom. The van der Waals surface area contributed by atoms with Crippen LogP contribution in [-0.4, -0.2) is 21.5 Å². The zero-order chi connectivity index (χ0) is 14.5. The van der Waals surface area contributed by atoms with Crippen LogP contribution in [0.1, 0.15) is 48.7 Å². The number of nitrogens with one attached hydrogen (secondary N) is 1. The molecule has 2 rings (SSSR count). The zero-order valence-electron chi connectivity index (χ0n) is 12.8. The molecule has 1 unspecified atom stereocenters. The minimum absolute atomic E-state index is 0.155. The predicted octanol–water partition coefficient (Wildman–Crippen LogP) is 3.00. The molecule has 0 spiro atoms. The van der Waals surface area contributed by atoms with Gasteiger partial charge in [-0.15, -0.1) is 5.10 Å². The molecule has 1 N–H and O–H groups in total. The fourth-order valence-corrected chi connectivity index (χ4v) is 2.60. The first-order chi connectivity index (χ1) is 9.67. The summed E-state index contributed by atoms with van der Waals surface area (Å²) >= 11 is 0. The van der Waals surface area contributed by atoms with Gasteiger partial charge in [0.1, 0.15) is 0 Å². The molecule has 20 heavy (non-hydrogen) atoms. The van der Waals surface area contributed by atoms with Gasteiger partial charge in [0.05, 0.1) is 17.9 Å². The van der Waals surface area contributed by atoms with Gasteiger partial charge in [-0.3, -0.25) is 0 Å². The van der Waals surface area contributed by atoms with Gasteiger partial charge >= 0.3 is 0 Å². The minimum atomic E-state index is 0.155. The Morgan fingerprint density at radius 1 is 1.25 bits per heavy atom. The highest BCUT2D eigenvalue weighted by Gasteiger charge is 2.19. The Hall–Kier alpha value is -1.68. The standard InChI is InChI=1S/C16H24N4/c1-5-9-20-15(11-18-19-20)16(17-6-2)14-8-7-12(3)10-13(14)4/h7-8,10-11,16-17H,5-6,9H2,1-4H3. The summed E-state index contributed by atoms with van der Waals surface area (Å²) in [6.07, 6.45) is 2.93. The van der Waals surface area contributed by atoms with E-state index in [1.165, 1.54) is 16.7 Å². The maximum Gasteiger partial charge on any atom is 0.0802 e. The van der Waals surface area contributed by atoms with Crippen LogP contribution in [-0.2, 0) is 6.54 Å². The van der Waals surface area contributed by atoms with Crippen molar-refractivity contribution in [3.05, 3.63) is 46.8 Å². The Bertz CT molecular complexity index is 559. The van der Waals surface area contributed by atoms with Gasteiger partial charge in [-0.2, -0.15) is 0 Å². The van der Waals surface area contributed by atoms with Gasteiger partial charge in [0.25, 0.3) is 0 Å². The molecule has 0 fully saturated rings. The van der Waals surface area contributed by atoms with Crippen LogP contribution >= 0.6 is 0 Å². The monoisotopic (exact) mass is 272 g/mol. The van der Waals surface area contributed by atoms with E-state index in [-0.39, 0.29) is 6.04 Å². The average Bonchev–Trinajstić information content (AvgIpc) is 2.85. The lowest BCUT2D eigenvalue weighted by Crippen LogP contribution is -2.25. The van der Waals surface area contributed by atoms with Crippen molar-refractivity contribution in [2.75, 3.05) is 6.54 Å². The molecule has 1 atom stereocenters. The molecule has 0 amide bonds. The van der Waals surface area contributed by atoms with Crippen molar-refractivity contribution in [2.24, 2.45) is 0 Å². The van der Waals surface area contributed by atoms with Crippen LogP contribution < -0.4 is 5.32 Å². The highest BCUT2D eigenvalue weighted by Crippen LogP contribution is 2.25. The topological polar surface area (TPSA) is 42.7 Å². The molecule has 4 nitrogen and oxygen atoms in total. The molecule has 1 aromatic carbocycles. The van der Waals surface area contributed by atoms with Gasteiger partial charge < -0.3 is 5.32 Å². The van der Waals surface area contributed by atoms with Crippen LogP contribution in [0, 0.1) is 13.8 Å². The van der Waals surface area contributed by atoms with Crippen molar-refractivity contribution in [1.82, 2.24) is 20.3 Å². The van der Waals surface area contributed by atoms with Gasteiger partial charge in [-0.05, 0) is 37.9 Å². The first-order valence-corrected chi connectivity index (χ1v) is 7.36. The van der Waals surface area contributed by atoms with Gasteiger partial charge in [0, 0.05) is 6.54 Å². The summed E-state index contributed by atoms with van der Waals surface area (Å²) in [5, 5.41) is 11.9. The third-order valence-corrected chi connectivity index (χ3v) is 3.52. The van der Waals surface area contributed by atoms with Gasteiger partial charge in [0.2, 0.25) is 0 Å². The van der Waals surface area contributed by atoms with Crippen molar-refractivity contribution >= 4 is 0 Å². The SMILES string of the molecule is CCCn1nncc1C(NCC)c1ccc(C)cc1C. The van der Waals surface area contributed by atoms with E-state index in [4.69, 9.17) is 0 Å². The molecule has 0 aliphatic carbocycles. The number of hydrogen-bond donors (Lipinski definition) is 1. The van der Waals surface area contributed by atoms with E-state index in [0.717, 1.165) is 25.2 Å². The first kappa shape index (κ1) is 14.7. The van der Waals surface area contributed by atoms with Gasteiger partial charge in [-0.1, -0.05) is 42.8 Å². The van der Waals surface area contributed by atoms with Crippen LogP contribution in [0.4, 0.5) is 0 Å². The maximum atomic E-state index is 4.21. The number of aryl methyl sites for hydroxylation is 3. The van der Waals surface area contributed by atoms with E-state index in [9.17, 15) is 0 Å². The van der Waals surface area contributed by atoms with E-state index < -0.39 is 0 Å². The lowest BCUT2D eigenvalue weighted by molar-refractivity contribution is 0.510. The van der Waals surface area contributed by atoms with Gasteiger partial charge in [-0.25, -0.2) is 4.68 Å². The van der Waals surface area contributed by atoms with Crippen molar-refractivity contribution in [2.45, 2.75) is 46.7 Å². The number of aromatic nitrogens is 3. The molecule has 4 heteroatoms. The quantitative estimate of drug-likeness (QED) is 0.879. The predicted molar refractivity (Wildman–Crippen MR) is 81.7 cm³/mol. The molecule has 0 saturated carbocycles. The highest BCUT2D eigenvalue weighted by molar-refractivity contribution is 5.36. The lowest BCUT2D eigenvalue weighted by Gasteiger charge is -2.21. The Labute approximate surface area is 121 Å². The van der Waals surface area contributed by atoms with E-state index in [0.29, 0.717) is 0 Å². The molecular weight excluding hydrogens is 248 g/mol. The summed E-state index contributed by atoms with van der Waals surface area (Å²) < 4.78 is 2.01. The number of rotatable bonds is 6. The molecule has 0 aliphatic heterocycles. The molecule has 0 bridgehead atoms. The second-order valence-corrected chi connectivity index (χ2v) is 5.23. The molecule has 2 aromatic rings.